The minimum absolute atomic E-state index is 0.688. The Kier molecular flexibility index (Phi) is 3.12. The highest BCUT2D eigenvalue weighted by Crippen LogP contribution is 2.35. The van der Waals surface area contributed by atoms with Gasteiger partial charge >= 0.3 is 0 Å². The molecule has 18 heavy (non-hydrogen) atoms. The van der Waals surface area contributed by atoms with Crippen LogP contribution in [0.25, 0.3) is 0 Å². The summed E-state index contributed by atoms with van der Waals surface area (Å²) in [5, 5.41) is 3.49. The number of nitrogens with one attached hydrogen (secondary N) is 1. The molecule has 0 atom stereocenters. The van der Waals surface area contributed by atoms with Gasteiger partial charge < -0.3 is 9.88 Å². The van der Waals surface area contributed by atoms with E-state index in [0.29, 0.717) is 6.04 Å². The Morgan fingerprint density at radius 3 is 3.06 bits per heavy atom. The number of benzene rings is 1. The van der Waals surface area contributed by atoms with Gasteiger partial charge in [0.2, 0.25) is 0 Å². The zero-order valence-electron chi connectivity index (χ0n) is 10.4. The molecule has 1 aromatic heterocycles. The Bertz CT molecular complexity index is 558. The minimum Gasteiger partial charge on any atom is -0.379 e. The second-order valence-corrected chi connectivity index (χ2v) is 5.75. The summed E-state index contributed by atoms with van der Waals surface area (Å²) >= 11 is 3.51. The number of aromatic nitrogens is 2. The van der Waals surface area contributed by atoms with Crippen molar-refractivity contribution in [2.45, 2.75) is 32.4 Å². The molecule has 1 saturated carbocycles. The summed E-state index contributed by atoms with van der Waals surface area (Å²) in [6.45, 7) is 2.95. The van der Waals surface area contributed by atoms with E-state index in [9.17, 15) is 0 Å². The third-order valence-corrected chi connectivity index (χ3v) is 3.84. The lowest BCUT2D eigenvalue weighted by atomic mass is 10.2. The first kappa shape index (κ1) is 11.8. The van der Waals surface area contributed by atoms with Crippen LogP contribution in [0.15, 0.2) is 35.2 Å². The molecule has 0 amide bonds. The van der Waals surface area contributed by atoms with Gasteiger partial charge in [0.15, 0.2) is 0 Å². The largest absolute Gasteiger partial charge is 0.379 e. The summed E-state index contributed by atoms with van der Waals surface area (Å²) in [4.78, 5) is 4.25. The quantitative estimate of drug-likeness (QED) is 0.928. The van der Waals surface area contributed by atoms with Gasteiger partial charge in [0.25, 0.3) is 0 Å². The molecule has 4 heteroatoms. The molecule has 0 radical (unpaired) electrons. The van der Waals surface area contributed by atoms with Gasteiger partial charge in [-0.2, -0.15) is 0 Å². The van der Waals surface area contributed by atoms with Gasteiger partial charge in [0.05, 0.1) is 18.6 Å². The van der Waals surface area contributed by atoms with Crippen molar-refractivity contribution in [3.8, 4) is 0 Å². The number of halogens is 1. The van der Waals surface area contributed by atoms with Crippen LogP contribution in [0, 0.1) is 6.92 Å². The second kappa shape index (κ2) is 4.76. The lowest BCUT2D eigenvalue weighted by molar-refractivity contribution is 0.701. The van der Waals surface area contributed by atoms with E-state index in [1.165, 1.54) is 29.8 Å². The minimum atomic E-state index is 0.688. The van der Waals surface area contributed by atoms with Crippen molar-refractivity contribution in [3.05, 3.63) is 46.5 Å². The molecule has 0 aliphatic heterocycles. The van der Waals surface area contributed by atoms with Crippen molar-refractivity contribution in [3.63, 3.8) is 0 Å². The van der Waals surface area contributed by atoms with E-state index in [4.69, 9.17) is 0 Å². The standard InChI is InChI=1S/C14H16BrN3/c1-10-2-3-11(15)6-14(10)17-8-13-7-16-9-18(13)12-4-5-12/h2-3,6-7,9,12,17H,4-5,8H2,1H3. The van der Waals surface area contributed by atoms with Crippen molar-refractivity contribution < 1.29 is 0 Å². The maximum atomic E-state index is 4.25. The number of nitrogens with zero attached hydrogens (tertiary/aromatic N) is 2. The molecular weight excluding hydrogens is 290 g/mol. The highest BCUT2D eigenvalue weighted by atomic mass is 79.9. The zero-order chi connectivity index (χ0) is 12.5. The van der Waals surface area contributed by atoms with E-state index in [1.54, 1.807) is 0 Å². The van der Waals surface area contributed by atoms with Crippen LogP contribution in [0.2, 0.25) is 0 Å². The monoisotopic (exact) mass is 305 g/mol. The van der Waals surface area contributed by atoms with Gasteiger partial charge in [-0.3, -0.25) is 0 Å². The van der Waals surface area contributed by atoms with E-state index in [2.05, 4.69) is 55.9 Å². The summed E-state index contributed by atoms with van der Waals surface area (Å²) < 4.78 is 3.40. The van der Waals surface area contributed by atoms with Gasteiger partial charge in [-0.05, 0) is 37.5 Å². The zero-order valence-corrected chi connectivity index (χ0v) is 11.9. The average Bonchev–Trinajstić information content (AvgIpc) is 3.10. The van der Waals surface area contributed by atoms with Crippen molar-refractivity contribution in [1.82, 2.24) is 9.55 Å². The fourth-order valence-electron chi connectivity index (χ4n) is 2.12. The second-order valence-electron chi connectivity index (χ2n) is 4.84. The number of hydrogen-bond donors (Lipinski definition) is 1. The molecule has 1 fully saturated rings. The lowest BCUT2D eigenvalue weighted by Crippen LogP contribution is -2.06. The first-order valence-electron chi connectivity index (χ1n) is 6.25. The van der Waals surface area contributed by atoms with Crippen LogP contribution in [0.4, 0.5) is 5.69 Å². The smallest absolute Gasteiger partial charge is 0.0951 e. The number of rotatable bonds is 4. The summed E-state index contributed by atoms with van der Waals surface area (Å²) in [7, 11) is 0. The van der Waals surface area contributed by atoms with Crippen LogP contribution in [-0.4, -0.2) is 9.55 Å². The molecule has 1 aliphatic rings. The molecular formula is C14H16BrN3. The molecule has 3 nitrogen and oxygen atoms in total. The molecule has 1 aromatic carbocycles. The Balaban J connectivity index is 1.73. The number of hydrogen-bond acceptors (Lipinski definition) is 2. The number of imidazole rings is 1. The van der Waals surface area contributed by atoms with Gasteiger partial charge in [0, 0.05) is 22.4 Å². The van der Waals surface area contributed by atoms with E-state index in [1.807, 2.05) is 12.5 Å². The summed E-state index contributed by atoms with van der Waals surface area (Å²) in [6.07, 6.45) is 6.49. The number of aryl methyl sites for hydroxylation is 1. The highest BCUT2D eigenvalue weighted by Gasteiger charge is 2.24. The van der Waals surface area contributed by atoms with E-state index >= 15 is 0 Å². The third kappa shape index (κ3) is 2.43. The van der Waals surface area contributed by atoms with Crippen LogP contribution < -0.4 is 5.32 Å². The van der Waals surface area contributed by atoms with Crippen LogP contribution in [-0.2, 0) is 6.54 Å². The predicted octanol–water partition coefficient (Wildman–Crippen LogP) is 3.90. The molecule has 3 rings (SSSR count). The van der Waals surface area contributed by atoms with Gasteiger partial charge in [-0.25, -0.2) is 4.98 Å². The van der Waals surface area contributed by atoms with E-state index < -0.39 is 0 Å². The van der Waals surface area contributed by atoms with Crippen LogP contribution in [0.5, 0.6) is 0 Å². The van der Waals surface area contributed by atoms with Gasteiger partial charge in [0.1, 0.15) is 0 Å². The summed E-state index contributed by atoms with van der Waals surface area (Å²) in [6, 6.07) is 6.99. The van der Waals surface area contributed by atoms with Crippen LogP contribution >= 0.6 is 15.9 Å². The Morgan fingerprint density at radius 2 is 2.28 bits per heavy atom. The normalized spacial score (nSPS) is 14.8. The first-order chi connectivity index (χ1) is 8.74. The molecule has 1 N–H and O–H groups in total. The number of anilines is 1. The molecule has 94 valence electrons. The molecule has 0 bridgehead atoms. The lowest BCUT2D eigenvalue weighted by Gasteiger charge is -2.11. The maximum Gasteiger partial charge on any atom is 0.0951 e. The molecule has 0 spiro atoms. The van der Waals surface area contributed by atoms with Crippen LogP contribution in [0.1, 0.15) is 30.1 Å². The van der Waals surface area contributed by atoms with Crippen molar-refractivity contribution >= 4 is 21.6 Å². The Labute approximate surface area is 115 Å². The Morgan fingerprint density at radius 1 is 1.44 bits per heavy atom. The SMILES string of the molecule is Cc1ccc(Br)cc1NCc1cncn1C1CC1. The molecule has 0 unspecified atom stereocenters. The molecule has 1 aliphatic carbocycles. The summed E-state index contributed by atoms with van der Waals surface area (Å²) in [5.41, 5.74) is 3.69. The van der Waals surface area contributed by atoms with E-state index in [0.717, 1.165) is 11.0 Å². The van der Waals surface area contributed by atoms with Crippen molar-refractivity contribution in [2.24, 2.45) is 0 Å². The topological polar surface area (TPSA) is 29.9 Å². The van der Waals surface area contributed by atoms with E-state index in [-0.39, 0.29) is 0 Å². The van der Waals surface area contributed by atoms with Crippen molar-refractivity contribution in [2.75, 3.05) is 5.32 Å². The predicted molar refractivity (Wildman–Crippen MR) is 76.7 cm³/mol. The van der Waals surface area contributed by atoms with Crippen molar-refractivity contribution in [1.29, 1.82) is 0 Å². The van der Waals surface area contributed by atoms with Gasteiger partial charge in [-0.15, -0.1) is 0 Å². The molecule has 2 aromatic rings. The van der Waals surface area contributed by atoms with Gasteiger partial charge in [-0.1, -0.05) is 22.0 Å². The average molecular weight is 306 g/mol. The van der Waals surface area contributed by atoms with Crippen LogP contribution in [0.3, 0.4) is 0 Å². The summed E-state index contributed by atoms with van der Waals surface area (Å²) in [5.74, 6) is 0. The Hall–Kier alpha value is -1.29. The highest BCUT2D eigenvalue weighted by molar-refractivity contribution is 9.10. The molecule has 1 heterocycles. The third-order valence-electron chi connectivity index (χ3n) is 3.35. The fourth-order valence-corrected chi connectivity index (χ4v) is 2.48. The molecule has 0 saturated heterocycles. The first-order valence-corrected chi connectivity index (χ1v) is 7.04. The fraction of sp³-hybridized carbons (Fsp3) is 0.357. The maximum absolute atomic E-state index is 4.25.